The second-order valence-corrected chi connectivity index (χ2v) is 8.39. The normalized spacial score (nSPS) is 21.7. The number of amides is 2. The molecule has 0 saturated heterocycles. The molecule has 2 amide bonds. The molecule has 31 heavy (non-hydrogen) atoms. The van der Waals surface area contributed by atoms with Crippen LogP contribution in [0.3, 0.4) is 0 Å². The predicted molar refractivity (Wildman–Crippen MR) is 117 cm³/mol. The third kappa shape index (κ3) is 5.54. The molecule has 2 aromatic rings. The summed E-state index contributed by atoms with van der Waals surface area (Å²) in [6.07, 6.45) is 3.69. The Morgan fingerprint density at radius 2 is 1.94 bits per heavy atom. The monoisotopic (exact) mass is 426 g/mol. The molecule has 0 radical (unpaired) electrons. The van der Waals surface area contributed by atoms with E-state index in [1.54, 1.807) is 31.2 Å². The van der Waals surface area contributed by atoms with E-state index in [1.807, 2.05) is 6.92 Å². The quantitative estimate of drug-likeness (QED) is 0.670. The third-order valence-electron chi connectivity index (χ3n) is 6.15. The van der Waals surface area contributed by atoms with Gasteiger partial charge in [0, 0.05) is 11.7 Å². The van der Waals surface area contributed by atoms with Crippen molar-refractivity contribution in [1.82, 2.24) is 5.32 Å². The molecule has 166 valence electrons. The van der Waals surface area contributed by atoms with Crippen LogP contribution in [-0.4, -0.2) is 29.9 Å². The first-order valence-corrected chi connectivity index (χ1v) is 10.7. The van der Waals surface area contributed by atoms with Crippen LogP contribution < -0.4 is 10.6 Å². The maximum atomic E-state index is 12.6. The number of benzene rings is 1. The van der Waals surface area contributed by atoms with E-state index in [9.17, 15) is 14.4 Å². The van der Waals surface area contributed by atoms with Crippen molar-refractivity contribution in [2.45, 2.75) is 59.1 Å². The first-order chi connectivity index (χ1) is 14.8. The summed E-state index contributed by atoms with van der Waals surface area (Å²) in [5, 5.41) is 5.76. The minimum absolute atomic E-state index is 0.0974. The smallest absolute Gasteiger partial charge is 0.338 e. The molecule has 1 saturated carbocycles. The Bertz CT molecular complexity index is 937. The molecular weight excluding hydrogens is 396 g/mol. The fraction of sp³-hybridized carbons (Fsp3) is 0.458. The Morgan fingerprint density at radius 3 is 2.65 bits per heavy atom. The number of hydrogen-bond acceptors (Lipinski definition) is 5. The van der Waals surface area contributed by atoms with Crippen molar-refractivity contribution in [3.63, 3.8) is 0 Å². The highest BCUT2D eigenvalue weighted by atomic mass is 16.5. The minimum Gasteiger partial charge on any atom is -0.459 e. The van der Waals surface area contributed by atoms with Gasteiger partial charge in [-0.15, -0.1) is 0 Å². The van der Waals surface area contributed by atoms with Crippen molar-refractivity contribution in [2.24, 2.45) is 11.8 Å². The number of ether oxygens (including phenoxy) is 1. The van der Waals surface area contributed by atoms with E-state index in [-0.39, 0.29) is 23.3 Å². The van der Waals surface area contributed by atoms with E-state index in [4.69, 9.17) is 9.15 Å². The molecule has 1 aliphatic carbocycles. The zero-order chi connectivity index (χ0) is 22.5. The SMILES string of the molecule is Cc1ccc(C(=O)O[C@H](C)C(=O)N[C@H]2CCC[C@H](C)[C@@H]2C)cc1NC(=O)c1ccco1. The van der Waals surface area contributed by atoms with Gasteiger partial charge in [-0.3, -0.25) is 9.59 Å². The van der Waals surface area contributed by atoms with Gasteiger partial charge in [-0.1, -0.05) is 32.8 Å². The lowest BCUT2D eigenvalue weighted by Crippen LogP contribution is -2.47. The maximum absolute atomic E-state index is 12.6. The molecule has 7 nitrogen and oxygen atoms in total. The highest BCUT2D eigenvalue weighted by molar-refractivity contribution is 6.03. The summed E-state index contributed by atoms with van der Waals surface area (Å²) in [4.78, 5) is 37.4. The Balaban J connectivity index is 1.61. The van der Waals surface area contributed by atoms with Gasteiger partial charge < -0.3 is 19.8 Å². The van der Waals surface area contributed by atoms with Crippen molar-refractivity contribution >= 4 is 23.5 Å². The second-order valence-electron chi connectivity index (χ2n) is 8.39. The third-order valence-corrected chi connectivity index (χ3v) is 6.15. The number of carbonyl (C=O) groups excluding carboxylic acids is 3. The molecule has 0 bridgehead atoms. The molecule has 3 rings (SSSR count). The van der Waals surface area contributed by atoms with Gasteiger partial charge in [0.15, 0.2) is 11.9 Å². The lowest BCUT2D eigenvalue weighted by Gasteiger charge is -2.35. The van der Waals surface area contributed by atoms with E-state index in [2.05, 4.69) is 24.5 Å². The molecule has 4 atom stereocenters. The van der Waals surface area contributed by atoms with E-state index < -0.39 is 18.0 Å². The van der Waals surface area contributed by atoms with Gasteiger partial charge in [0.05, 0.1) is 11.8 Å². The first kappa shape index (κ1) is 22.6. The highest BCUT2D eigenvalue weighted by Gasteiger charge is 2.30. The number of hydrogen-bond donors (Lipinski definition) is 2. The molecule has 0 spiro atoms. The van der Waals surface area contributed by atoms with Gasteiger partial charge in [-0.25, -0.2) is 4.79 Å². The molecule has 7 heteroatoms. The highest BCUT2D eigenvalue weighted by Crippen LogP contribution is 2.29. The van der Waals surface area contributed by atoms with Crippen LogP contribution in [0.5, 0.6) is 0 Å². The topological polar surface area (TPSA) is 97.6 Å². The standard InChI is InChI=1S/C24H30N2O5/c1-14-7-5-8-19(16(14)3)25-22(27)17(4)31-24(29)18-11-10-15(2)20(13-18)26-23(28)21-9-6-12-30-21/h6,9-14,16-17,19H,5,7-8H2,1-4H3,(H,25,27)(H,26,28)/t14-,16-,17+,19-/m0/s1. The first-order valence-electron chi connectivity index (χ1n) is 10.7. The van der Waals surface area contributed by atoms with Crippen molar-refractivity contribution in [3.05, 3.63) is 53.5 Å². The van der Waals surface area contributed by atoms with E-state index >= 15 is 0 Å². The molecule has 0 aliphatic heterocycles. The zero-order valence-electron chi connectivity index (χ0n) is 18.4. The van der Waals surface area contributed by atoms with Gasteiger partial charge in [-0.05, 0) is 61.9 Å². The van der Waals surface area contributed by atoms with Gasteiger partial charge >= 0.3 is 5.97 Å². The average molecular weight is 427 g/mol. The molecule has 1 aliphatic rings. The predicted octanol–water partition coefficient (Wildman–Crippen LogP) is 4.33. The summed E-state index contributed by atoms with van der Waals surface area (Å²) in [6, 6.07) is 8.13. The summed E-state index contributed by atoms with van der Waals surface area (Å²) < 4.78 is 10.5. The summed E-state index contributed by atoms with van der Waals surface area (Å²) >= 11 is 0. The number of furan rings is 1. The number of esters is 1. The Hall–Kier alpha value is -3.09. The van der Waals surface area contributed by atoms with Crippen LogP contribution in [0.1, 0.15) is 66.5 Å². The number of rotatable bonds is 6. The Kier molecular flexibility index (Phi) is 7.15. The summed E-state index contributed by atoms with van der Waals surface area (Å²) in [5.41, 5.74) is 1.50. The van der Waals surface area contributed by atoms with Crippen LogP contribution in [0.2, 0.25) is 0 Å². The van der Waals surface area contributed by atoms with Crippen LogP contribution in [0.15, 0.2) is 41.0 Å². The van der Waals surface area contributed by atoms with Crippen molar-refractivity contribution in [2.75, 3.05) is 5.32 Å². The van der Waals surface area contributed by atoms with Gasteiger partial charge in [0.25, 0.3) is 11.8 Å². The van der Waals surface area contributed by atoms with Crippen molar-refractivity contribution in [1.29, 1.82) is 0 Å². The van der Waals surface area contributed by atoms with Crippen LogP contribution in [-0.2, 0) is 9.53 Å². The lowest BCUT2D eigenvalue weighted by molar-refractivity contribution is -0.130. The average Bonchev–Trinajstić information content (AvgIpc) is 3.28. The Morgan fingerprint density at radius 1 is 1.16 bits per heavy atom. The largest absolute Gasteiger partial charge is 0.459 e. The maximum Gasteiger partial charge on any atom is 0.338 e. The van der Waals surface area contributed by atoms with Gasteiger partial charge in [-0.2, -0.15) is 0 Å². The molecule has 1 aromatic heterocycles. The molecular formula is C24H30N2O5. The number of carbonyl (C=O) groups is 3. The minimum atomic E-state index is -0.917. The van der Waals surface area contributed by atoms with Gasteiger partial charge in [0.1, 0.15) is 0 Å². The van der Waals surface area contributed by atoms with Crippen molar-refractivity contribution in [3.8, 4) is 0 Å². The lowest BCUT2D eigenvalue weighted by atomic mass is 9.78. The van der Waals surface area contributed by atoms with Crippen molar-refractivity contribution < 1.29 is 23.5 Å². The fourth-order valence-corrected chi connectivity index (χ4v) is 3.84. The molecule has 1 aromatic carbocycles. The second kappa shape index (κ2) is 9.81. The summed E-state index contributed by atoms with van der Waals surface area (Å²) in [6.45, 7) is 7.73. The molecule has 1 fully saturated rings. The fourth-order valence-electron chi connectivity index (χ4n) is 3.84. The van der Waals surface area contributed by atoms with E-state index in [0.717, 1.165) is 18.4 Å². The number of nitrogens with one attached hydrogen (secondary N) is 2. The number of anilines is 1. The van der Waals surface area contributed by atoms with E-state index in [1.165, 1.54) is 18.8 Å². The molecule has 0 unspecified atom stereocenters. The number of aryl methyl sites for hydroxylation is 1. The Labute approximate surface area is 182 Å². The van der Waals surface area contributed by atoms with E-state index in [0.29, 0.717) is 17.5 Å². The molecule has 2 N–H and O–H groups in total. The van der Waals surface area contributed by atoms with Gasteiger partial charge in [0.2, 0.25) is 0 Å². The van der Waals surface area contributed by atoms with Crippen LogP contribution in [0.25, 0.3) is 0 Å². The van der Waals surface area contributed by atoms with Crippen LogP contribution in [0, 0.1) is 18.8 Å². The van der Waals surface area contributed by atoms with Crippen LogP contribution >= 0.6 is 0 Å². The zero-order valence-corrected chi connectivity index (χ0v) is 18.4. The summed E-state index contributed by atoms with van der Waals surface area (Å²) in [5.74, 6) is -0.220. The van der Waals surface area contributed by atoms with Crippen LogP contribution in [0.4, 0.5) is 5.69 Å². The summed E-state index contributed by atoms with van der Waals surface area (Å²) in [7, 11) is 0. The molecule has 1 heterocycles.